The molecule has 94 valence electrons. The van der Waals surface area contributed by atoms with Crippen molar-refractivity contribution in [2.45, 2.75) is 20.0 Å². The van der Waals surface area contributed by atoms with Crippen molar-refractivity contribution in [3.05, 3.63) is 0 Å². The second-order valence-electron chi connectivity index (χ2n) is 4.59. The van der Waals surface area contributed by atoms with E-state index in [1.807, 2.05) is 0 Å². The third-order valence-corrected chi connectivity index (χ3v) is 2.51. The van der Waals surface area contributed by atoms with Crippen LogP contribution < -0.4 is 5.32 Å². The Morgan fingerprint density at radius 1 is 1.56 bits per heavy atom. The van der Waals surface area contributed by atoms with Gasteiger partial charge in [-0.3, -0.25) is 4.79 Å². The van der Waals surface area contributed by atoms with Crippen LogP contribution in [0.4, 0.5) is 0 Å². The summed E-state index contributed by atoms with van der Waals surface area (Å²) in [5, 5.41) is 3.22. The maximum Gasteiger partial charge on any atom is 0.313 e. The molecule has 1 heterocycles. The molecule has 0 saturated carbocycles. The number of hydrogen-bond donors (Lipinski definition) is 1. The lowest BCUT2D eigenvalue weighted by molar-refractivity contribution is -0.155. The second-order valence-corrected chi connectivity index (χ2v) is 4.59. The van der Waals surface area contributed by atoms with Crippen LogP contribution in [0.1, 0.15) is 13.8 Å². The van der Waals surface area contributed by atoms with Crippen molar-refractivity contribution >= 4 is 5.97 Å². The average molecular weight is 231 g/mol. The van der Waals surface area contributed by atoms with Gasteiger partial charge >= 0.3 is 5.97 Å². The molecule has 1 rings (SSSR count). The van der Waals surface area contributed by atoms with Crippen LogP contribution in [0, 0.1) is 5.41 Å². The van der Waals surface area contributed by atoms with E-state index in [1.54, 1.807) is 13.8 Å². The molecule has 5 nitrogen and oxygen atoms in total. The molecular weight excluding hydrogens is 210 g/mol. The number of morpholine rings is 1. The fraction of sp³-hybridized carbons (Fsp3) is 0.909. The summed E-state index contributed by atoms with van der Waals surface area (Å²) in [4.78, 5) is 11.4. The first-order valence-electron chi connectivity index (χ1n) is 5.55. The highest BCUT2D eigenvalue weighted by Crippen LogP contribution is 2.17. The van der Waals surface area contributed by atoms with Crippen LogP contribution in [-0.2, 0) is 19.0 Å². The van der Waals surface area contributed by atoms with Crippen molar-refractivity contribution in [1.29, 1.82) is 0 Å². The summed E-state index contributed by atoms with van der Waals surface area (Å²) in [5.74, 6) is -0.254. The normalized spacial score (nSPS) is 21.8. The van der Waals surface area contributed by atoms with Gasteiger partial charge in [-0.15, -0.1) is 0 Å². The molecular formula is C11H21NO4. The van der Waals surface area contributed by atoms with Crippen LogP contribution >= 0.6 is 0 Å². The molecule has 0 aromatic rings. The van der Waals surface area contributed by atoms with Crippen molar-refractivity contribution < 1.29 is 19.0 Å². The van der Waals surface area contributed by atoms with E-state index in [0.29, 0.717) is 19.8 Å². The van der Waals surface area contributed by atoms with E-state index < -0.39 is 5.41 Å². The van der Waals surface area contributed by atoms with Gasteiger partial charge in [0.15, 0.2) is 0 Å². The summed E-state index contributed by atoms with van der Waals surface area (Å²) in [6.45, 7) is 6.88. The van der Waals surface area contributed by atoms with Crippen molar-refractivity contribution in [2.75, 3.05) is 40.0 Å². The smallest absolute Gasteiger partial charge is 0.313 e. The lowest BCUT2D eigenvalue weighted by atomic mass is 9.95. The van der Waals surface area contributed by atoms with Gasteiger partial charge in [0.1, 0.15) is 0 Å². The number of methoxy groups -OCH3 is 1. The number of ether oxygens (including phenoxy) is 3. The monoisotopic (exact) mass is 231 g/mol. The first kappa shape index (κ1) is 13.4. The van der Waals surface area contributed by atoms with Crippen LogP contribution in [0.2, 0.25) is 0 Å². The summed E-state index contributed by atoms with van der Waals surface area (Å²) in [7, 11) is 1.39. The maximum atomic E-state index is 11.4. The zero-order chi connectivity index (χ0) is 12.0. The van der Waals surface area contributed by atoms with E-state index in [4.69, 9.17) is 14.2 Å². The SMILES string of the molecule is COC(=O)C(C)(C)COCC1CNCCO1. The number of carbonyl (C=O) groups excluding carboxylic acids is 1. The van der Waals surface area contributed by atoms with Crippen molar-refractivity contribution in [3.8, 4) is 0 Å². The Morgan fingerprint density at radius 3 is 2.88 bits per heavy atom. The van der Waals surface area contributed by atoms with Gasteiger partial charge in [0, 0.05) is 13.1 Å². The topological polar surface area (TPSA) is 56.8 Å². The van der Waals surface area contributed by atoms with Gasteiger partial charge in [0.25, 0.3) is 0 Å². The quantitative estimate of drug-likeness (QED) is 0.685. The van der Waals surface area contributed by atoms with Gasteiger partial charge in [0.2, 0.25) is 0 Å². The predicted molar refractivity (Wildman–Crippen MR) is 59.2 cm³/mol. The molecule has 0 radical (unpaired) electrons. The fourth-order valence-electron chi connectivity index (χ4n) is 1.51. The Morgan fingerprint density at radius 2 is 2.31 bits per heavy atom. The number of carbonyl (C=O) groups is 1. The molecule has 0 bridgehead atoms. The number of hydrogen-bond acceptors (Lipinski definition) is 5. The lowest BCUT2D eigenvalue weighted by Crippen LogP contribution is -2.42. The van der Waals surface area contributed by atoms with Crippen molar-refractivity contribution in [3.63, 3.8) is 0 Å². The fourth-order valence-corrected chi connectivity index (χ4v) is 1.51. The molecule has 1 atom stereocenters. The second kappa shape index (κ2) is 6.18. The van der Waals surface area contributed by atoms with E-state index in [-0.39, 0.29) is 12.1 Å². The van der Waals surface area contributed by atoms with Gasteiger partial charge in [0.05, 0.1) is 38.4 Å². The molecule has 1 aliphatic heterocycles. The highest BCUT2D eigenvalue weighted by Gasteiger charge is 2.29. The Labute approximate surface area is 96.4 Å². The van der Waals surface area contributed by atoms with Gasteiger partial charge < -0.3 is 19.5 Å². The van der Waals surface area contributed by atoms with Gasteiger partial charge in [-0.1, -0.05) is 0 Å². The van der Waals surface area contributed by atoms with E-state index in [9.17, 15) is 4.79 Å². The molecule has 5 heteroatoms. The van der Waals surface area contributed by atoms with E-state index in [0.717, 1.165) is 13.1 Å². The van der Waals surface area contributed by atoms with Gasteiger partial charge in [-0.25, -0.2) is 0 Å². The molecule has 1 unspecified atom stereocenters. The maximum absolute atomic E-state index is 11.4. The van der Waals surface area contributed by atoms with Crippen LogP contribution in [0.25, 0.3) is 0 Å². The Kier molecular flexibility index (Phi) is 5.18. The summed E-state index contributed by atoms with van der Waals surface area (Å²) in [6, 6.07) is 0. The predicted octanol–water partition coefficient (Wildman–Crippen LogP) is 0.191. The average Bonchev–Trinajstić information content (AvgIpc) is 2.29. The van der Waals surface area contributed by atoms with E-state index in [2.05, 4.69) is 5.32 Å². The molecule has 0 aromatic heterocycles. The Balaban J connectivity index is 2.20. The van der Waals surface area contributed by atoms with Crippen LogP contribution in [0.5, 0.6) is 0 Å². The Hall–Kier alpha value is -0.650. The molecule has 0 amide bonds. The van der Waals surface area contributed by atoms with Crippen LogP contribution in [0.3, 0.4) is 0 Å². The van der Waals surface area contributed by atoms with Gasteiger partial charge in [-0.05, 0) is 13.8 Å². The largest absolute Gasteiger partial charge is 0.469 e. The third kappa shape index (κ3) is 4.08. The van der Waals surface area contributed by atoms with Gasteiger partial charge in [-0.2, -0.15) is 0 Å². The molecule has 16 heavy (non-hydrogen) atoms. The summed E-state index contributed by atoms with van der Waals surface area (Å²) in [5.41, 5.74) is -0.600. The zero-order valence-corrected chi connectivity index (χ0v) is 10.2. The first-order chi connectivity index (χ1) is 7.56. The molecule has 1 aliphatic rings. The molecule has 1 N–H and O–H groups in total. The van der Waals surface area contributed by atoms with E-state index >= 15 is 0 Å². The summed E-state index contributed by atoms with van der Waals surface area (Å²) >= 11 is 0. The van der Waals surface area contributed by atoms with Crippen LogP contribution in [0.15, 0.2) is 0 Å². The number of esters is 1. The first-order valence-corrected chi connectivity index (χ1v) is 5.55. The molecule has 1 saturated heterocycles. The third-order valence-electron chi connectivity index (χ3n) is 2.51. The van der Waals surface area contributed by atoms with Crippen molar-refractivity contribution in [1.82, 2.24) is 5.32 Å². The standard InChI is InChI=1S/C11H21NO4/c1-11(2,10(13)14-3)8-15-7-9-6-12-4-5-16-9/h9,12H,4-8H2,1-3H3. The highest BCUT2D eigenvalue weighted by molar-refractivity contribution is 5.75. The van der Waals surface area contributed by atoms with Crippen LogP contribution in [-0.4, -0.2) is 52.1 Å². The molecule has 0 aromatic carbocycles. The number of rotatable bonds is 5. The minimum absolute atomic E-state index is 0.0854. The molecule has 1 fully saturated rings. The lowest BCUT2D eigenvalue weighted by Gasteiger charge is -2.26. The number of nitrogens with one attached hydrogen (secondary N) is 1. The summed E-state index contributed by atoms with van der Waals surface area (Å²) in [6.07, 6.45) is 0.0854. The highest BCUT2D eigenvalue weighted by atomic mass is 16.5. The minimum atomic E-state index is -0.600. The molecule has 0 spiro atoms. The Bertz CT molecular complexity index is 224. The molecule has 0 aliphatic carbocycles. The summed E-state index contributed by atoms with van der Waals surface area (Å²) < 4.78 is 15.7. The van der Waals surface area contributed by atoms with E-state index in [1.165, 1.54) is 7.11 Å². The zero-order valence-electron chi connectivity index (χ0n) is 10.2. The minimum Gasteiger partial charge on any atom is -0.469 e. The van der Waals surface area contributed by atoms with Crippen molar-refractivity contribution in [2.24, 2.45) is 5.41 Å².